The third-order valence-corrected chi connectivity index (χ3v) is 3.03. The number of aliphatic hydroxyl groups is 1. The summed E-state index contributed by atoms with van der Waals surface area (Å²) in [7, 11) is 0. The Labute approximate surface area is 112 Å². The first-order valence-electron chi connectivity index (χ1n) is 5.48. The summed E-state index contributed by atoms with van der Waals surface area (Å²) >= 11 is 5.88. The van der Waals surface area contributed by atoms with Crippen molar-refractivity contribution in [1.29, 1.82) is 0 Å². The Morgan fingerprint density at radius 1 is 1.39 bits per heavy atom. The van der Waals surface area contributed by atoms with Crippen LogP contribution in [-0.4, -0.2) is 22.0 Å². The Morgan fingerprint density at radius 3 is 2.61 bits per heavy atom. The van der Waals surface area contributed by atoms with Crippen LogP contribution >= 0.6 is 11.6 Å². The third kappa shape index (κ3) is 3.03. The van der Waals surface area contributed by atoms with Crippen molar-refractivity contribution in [3.63, 3.8) is 0 Å². The maximum atomic E-state index is 10.3. The van der Waals surface area contributed by atoms with Gasteiger partial charge in [-0.1, -0.05) is 23.8 Å². The molecule has 0 fully saturated rings. The summed E-state index contributed by atoms with van der Waals surface area (Å²) in [4.78, 5) is 3.67. The SMILES string of the molecule is C=N/C=C(\C=C/C)C(O)c1nnc(Cl)c(C)c1C. The van der Waals surface area contributed by atoms with Crippen LogP contribution in [0.3, 0.4) is 0 Å². The third-order valence-electron chi connectivity index (χ3n) is 2.68. The standard InChI is InChI=1S/C13H16ClN3O/c1-5-6-10(7-15-4)12(18)11-8(2)9(3)13(14)17-16-11/h5-7,12,18H,4H2,1-3H3/b6-5-,10-7+. The van der Waals surface area contributed by atoms with Crippen LogP contribution in [0, 0.1) is 13.8 Å². The number of aliphatic imine (C=N–C) groups is 1. The molecular formula is C13H16ClN3O. The van der Waals surface area contributed by atoms with Gasteiger partial charge in [0.05, 0.1) is 5.69 Å². The molecule has 1 aromatic heterocycles. The van der Waals surface area contributed by atoms with E-state index in [4.69, 9.17) is 11.6 Å². The summed E-state index contributed by atoms with van der Waals surface area (Å²) in [6.45, 7) is 8.93. The number of hydrogen-bond acceptors (Lipinski definition) is 4. The molecule has 96 valence electrons. The molecule has 0 aliphatic heterocycles. The van der Waals surface area contributed by atoms with Gasteiger partial charge in [-0.2, -0.15) is 5.10 Å². The summed E-state index contributed by atoms with van der Waals surface area (Å²) in [5, 5.41) is 18.4. The number of nitrogens with zero attached hydrogens (tertiary/aromatic N) is 3. The lowest BCUT2D eigenvalue weighted by Crippen LogP contribution is -2.08. The molecule has 0 aromatic carbocycles. The van der Waals surface area contributed by atoms with Crippen molar-refractivity contribution in [3.05, 3.63) is 45.9 Å². The van der Waals surface area contributed by atoms with Crippen LogP contribution in [0.2, 0.25) is 5.15 Å². The number of aliphatic hydroxyl groups excluding tert-OH is 1. The Balaban J connectivity index is 3.25. The van der Waals surface area contributed by atoms with E-state index >= 15 is 0 Å². The Bertz CT molecular complexity index is 509. The van der Waals surface area contributed by atoms with E-state index in [0.29, 0.717) is 16.4 Å². The molecule has 1 rings (SSSR count). The highest BCUT2D eigenvalue weighted by Crippen LogP contribution is 2.27. The van der Waals surface area contributed by atoms with Gasteiger partial charge in [-0.3, -0.25) is 4.99 Å². The molecule has 4 nitrogen and oxygen atoms in total. The van der Waals surface area contributed by atoms with Gasteiger partial charge in [0.2, 0.25) is 0 Å². The summed E-state index contributed by atoms with van der Waals surface area (Å²) in [5.41, 5.74) is 2.71. The zero-order chi connectivity index (χ0) is 13.7. The first-order chi connectivity index (χ1) is 8.52. The minimum atomic E-state index is -0.893. The van der Waals surface area contributed by atoms with Crippen molar-refractivity contribution in [2.75, 3.05) is 0 Å². The number of allylic oxidation sites excluding steroid dienone is 1. The Hall–Kier alpha value is -1.52. The fourth-order valence-electron chi connectivity index (χ4n) is 1.51. The van der Waals surface area contributed by atoms with E-state index in [-0.39, 0.29) is 0 Å². The number of halogens is 1. The lowest BCUT2D eigenvalue weighted by Gasteiger charge is -2.14. The van der Waals surface area contributed by atoms with Gasteiger partial charge in [-0.05, 0) is 38.6 Å². The van der Waals surface area contributed by atoms with Crippen molar-refractivity contribution in [1.82, 2.24) is 10.2 Å². The molecule has 0 saturated heterocycles. The van der Waals surface area contributed by atoms with Crippen LogP contribution in [0.1, 0.15) is 29.8 Å². The molecule has 0 amide bonds. The average Bonchev–Trinajstić information content (AvgIpc) is 2.35. The normalized spacial score (nSPS) is 13.9. The predicted molar refractivity (Wildman–Crippen MR) is 73.9 cm³/mol. The molecule has 1 N–H and O–H groups in total. The molecule has 0 bridgehead atoms. The second-order valence-corrected chi connectivity index (χ2v) is 4.20. The van der Waals surface area contributed by atoms with Gasteiger partial charge in [0.1, 0.15) is 6.10 Å². The molecule has 1 atom stereocenters. The summed E-state index contributed by atoms with van der Waals surface area (Å²) in [5.74, 6) is 0. The van der Waals surface area contributed by atoms with Gasteiger partial charge in [-0.15, -0.1) is 5.10 Å². The van der Waals surface area contributed by atoms with Gasteiger partial charge in [0, 0.05) is 11.8 Å². The number of hydrogen-bond donors (Lipinski definition) is 1. The number of aromatic nitrogens is 2. The van der Waals surface area contributed by atoms with Crippen molar-refractivity contribution < 1.29 is 5.11 Å². The summed E-state index contributed by atoms with van der Waals surface area (Å²) < 4.78 is 0. The largest absolute Gasteiger partial charge is 0.382 e. The fourth-order valence-corrected chi connectivity index (χ4v) is 1.69. The van der Waals surface area contributed by atoms with Gasteiger partial charge in [0.25, 0.3) is 0 Å². The molecular weight excluding hydrogens is 250 g/mol. The zero-order valence-corrected chi connectivity index (χ0v) is 11.4. The van der Waals surface area contributed by atoms with Crippen LogP contribution in [0.15, 0.2) is 28.9 Å². The minimum absolute atomic E-state index is 0.349. The van der Waals surface area contributed by atoms with E-state index < -0.39 is 6.10 Å². The second-order valence-electron chi connectivity index (χ2n) is 3.84. The Kier molecular flexibility index (Phi) is 5.19. The molecule has 0 aliphatic rings. The van der Waals surface area contributed by atoms with E-state index in [0.717, 1.165) is 11.1 Å². The molecule has 0 aliphatic carbocycles. The van der Waals surface area contributed by atoms with Crippen LogP contribution in [-0.2, 0) is 0 Å². The van der Waals surface area contributed by atoms with Crippen LogP contribution in [0.25, 0.3) is 0 Å². The van der Waals surface area contributed by atoms with Crippen molar-refractivity contribution in [2.24, 2.45) is 4.99 Å². The minimum Gasteiger partial charge on any atom is -0.382 e. The zero-order valence-electron chi connectivity index (χ0n) is 10.7. The Morgan fingerprint density at radius 2 is 2.06 bits per heavy atom. The lowest BCUT2D eigenvalue weighted by atomic mass is 10.0. The number of rotatable bonds is 4. The van der Waals surface area contributed by atoms with Gasteiger partial charge in [0.15, 0.2) is 5.15 Å². The maximum absolute atomic E-state index is 10.3. The molecule has 0 spiro atoms. The molecule has 1 aromatic rings. The highest BCUT2D eigenvalue weighted by molar-refractivity contribution is 6.30. The van der Waals surface area contributed by atoms with Crippen LogP contribution in [0.5, 0.6) is 0 Å². The lowest BCUT2D eigenvalue weighted by molar-refractivity contribution is 0.212. The van der Waals surface area contributed by atoms with Crippen LogP contribution < -0.4 is 0 Å². The molecule has 0 saturated carbocycles. The van der Waals surface area contributed by atoms with E-state index in [1.807, 2.05) is 26.8 Å². The van der Waals surface area contributed by atoms with Crippen LogP contribution in [0.4, 0.5) is 0 Å². The molecule has 1 heterocycles. The van der Waals surface area contributed by atoms with Gasteiger partial charge >= 0.3 is 0 Å². The molecule has 0 radical (unpaired) electrons. The average molecular weight is 266 g/mol. The quantitative estimate of drug-likeness (QED) is 0.673. The molecule has 18 heavy (non-hydrogen) atoms. The smallest absolute Gasteiger partial charge is 0.154 e. The highest BCUT2D eigenvalue weighted by Gasteiger charge is 2.18. The summed E-state index contributed by atoms with van der Waals surface area (Å²) in [6, 6.07) is 0. The van der Waals surface area contributed by atoms with Crippen molar-refractivity contribution >= 4 is 18.3 Å². The molecule has 5 heteroatoms. The first kappa shape index (κ1) is 14.5. The predicted octanol–water partition coefficient (Wildman–Crippen LogP) is 2.94. The van der Waals surface area contributed by atoms with E-state index in [9.17, 15) is 5.11 Å². The second kappa shape index (κ2) is 6.42. The van der Waals surface area contributed by atoms with Gasteiger partial charge in [-0.25, -0.2) is 0 Å². The first-order valence-corrected chi connectivity index (χ1v) is 5.86. The van der Waals surface area contributed by atoms with Crippen molar-refractivity contribution in [3.8, 4) is 0 Å². The highest BCUT2D eigenvalue weighted by atomic mass is 35.5. The summed E-state index contributed by atoms with van der Waals surface area (Å²) in [6.07, 6.45) is 4.17. The fraction of sp³-hybridized carbons (Fsp3) is 0.308. The topological polar surface area (TPSA) is 58.4 Å². The van der Waals surface area contributed by atoms with E-state index in [2.05, 4.69) is 21.9 Å². The van der Waals surface area contributed by atoms with E-state index in [1.165, 1.54) is 6.20 Å². The van der Waals surface area contributed by atoms with E-state index in [1.54, 1.807) is 6.08 Å². The monoisotopic (exact) mass is 265 g/mol. The molecule has 1 unspecified atom stereocenters. The van der Waals surface area contributed by atoms with Gasteiger partial charge < -0.3 is 5.11 Å². The maximum Gasteiger partial charge on any atom is 0.154 e. The van der Waals surface area contributed by atoms with Crippen molar-refractivity contribution in [2.45, 2.75) is 26.9 Å².